The van der Waals surface area contributed by atoms with Crippen LogP contribution in [0, 0.1) is 11.8 Å². The van der Waals surface area contributed by atoms with Gasteiger partial charge in [0, 0.05) is 17.8 Å². The van der Waals surface area contributed by atoms with Crippen molar-refractivity contribution >= 4 is 23.4 Å². The second-order valence-corrected chi connectivity index (χ2v) is 11.6. The molecule has 5 rings (SSSR count). The molecule has 8 heteroatoms. The molecule has 5 unspecified atom stereocenters. The summed E-state index contributed by atoms with van der Waals surface area (Å²) in [7, 11) is 1.61. The van der Waals surface area contributed by atoms with Crippen molar-refractivity contribution in [2.75, 3.05) is 19.0 Å². The highest BCUT2D eigenvalue weighted by Gasteiger charge is 2.76. The summed E-state index contributed by atoms with van der Waals surface area (Å²) in [5.41, 5.74) is -1.08. The van der Waals surface area contributed by atoms with E-state index < -0.39 is 34.6 Å². The van der Waals surface area contributed by atoms with Gasteiger partial charge in [-0.1, -0.05) is 42.5 Å². The fourth-order valence-corrected chi connectivity index (χ4v) is 6.09. The molecule has 3 aliphatic rings. The van der Waals surface area contributed by atoms with Crippen molar-refractivity contribution in [2.24, 2.45) is 11.8 Å². The Morgan fingerprint density at radius 2 is 1.71 bits per heavy atom. The molecule has 2 bridgehead atoms. The number of carbonyl (C=O) groups is 3. The van der Waals surface area contributed by atoms with E-state index in [0.717, 1.165) is 11.3 Å². The maximum atomic E-state index is 14.1. The van der Waals surface area contributed by atoms with Crippen LogP contribution < -0.4 is 15.4 Å². The molecule has 8 nitrogen and oxygen atoms in total. The van der Waals surface area contributed by atoms with Gasteiger partial charge in [-0.2, -0.15) is 0 Å². The van der Waals surface area contributed by atoms with E-state index in [1.54, 1.807) is 24.1 Å². The number of rotatable bonds is 7. The number of fused-ring (bicyclic) bond motifs is 1. The third kappa shape index (κ3) is 4.36. The van der Waals surface area contributed by atoms with Gasteiger partial charge in [-0.3, -0.25) is 14.4 Å². The van der Waals surface area contributed by atoms with Crippen LogP contribution in [0.3, 0.4) is 0 Å². The van der Waals surface area contributed by atoms with Gasteiger partial charge >= 0.3 is 0 Å². The van der Waals surface area contributed by atoms with Crippen LogP contribution in [0.25, 0.3) is 0 Å². The topological polar surface area (TPSA) is 97.0 Å². The van der Waals surface area contributed by atoms with Gasteiger partial charge in [0.25, 0.3) is 0 Å². The minimum atomic E-state index is -1.22. The molecule has 2 saturated heterocycles. The van der Waals surface area contributed by atoms with Crippen LogP contribution in [-0.2, 0) is 25.5 Å². The zero-order chi connectivity index (χ0) is 27.3. The molecule has 0 saturated carbocycles. The van der Waals surface area contributed by atoms with Crippen LogP contribution in [0.2, 0.25) is 0 Å². The van der Waals surface area contributed by atoms with Crippen LogP contribution in [-0.4, -0.2) is 59.1 Å². The van der Waals surface area contributed by atoms with E-state index in [4.69, 9.17) is 9.47 Å². The summed E-state index contributed by atoms with van der Waals surface area (Å²) in [6, 6.07) is 15.9. The number of methoxy groups -OCH3 is 1. The average molecular weight is 518 g/mol. The number of hydrogen-bond acceptors (Lipinski definition) is 5. The lowest BCUT2D eigenvalue weighted by Crippen LogP contribution is -2.58. The van der Waals surface area contributed by atoms with Gasteiger partial charge in [0.1, 0.15) is 17.4 Å². The number of nitrogens with one attached hydrogen (secondary N) is 2. The average Bonchev–Trinajstić information content (AvgIpc) is 3.43. The predicted molar refractivity (Wildman–Crippen MR) is 144 cm³/mol. The molecule has 3 aliphatic heterocycles. The lowest BCUT2D eigenvalue weighted by atomic mass is 9.70. The number of nitrogens with zero attached hydrogens (tertiary/aromatic N) is 1. The van der Waals surface area contributed by atoms with Gasteiger partial charge in [-0.05, 0) is 63.9 Å². The summed E-state index contributed by atoms with van der Waals surface area (Å²) >= 11 is 0. The lowest BCUT2D eigenvalue weighted by molar-refractivity contribution is -0.144. The first kappa shape index (κ1) is 26.0. The Hall–Kier alpha value is -3.65. The standard InChI is InChI=1S/C30H35N3O5/c1-28(2,3)32-26(35)24-30-17-16-29(4,38-30)22(25(34)31-20-9-7-6-8-10-20)23(30)27(36)33(24)18-15-19-11-13-21(37-5)14-12-19/h6-14,16-17,22-24H,15,18H2,1-5H3,(H,31,34)(H,32,35). The first-order valence-corrected chi connectivity index (χ1v) is 13.0. The normalized spacial score (nSPS) is 29.3. The molecule has 1 spiro atoms. The third-order valence-electron chi connectivity index (χ3n) is 7.67. The van der Waals surface area contributed by atoms with Crippen LogP contribution >= 0.6 is 0 Å². The van der Waals surface area contributed by atoms with E-state index in [1.165, 1.54) is 0 Å². The van der Waals surface area contributed by atoms with E-state index in [1.807, 2.05) is 82.3 Å². The number of hydrogen-bond donors (Lipinski definition) is 2. The summed E-state index contributed by atoms with van der Waals surface area (Å²) in [5.74, 6) is -1.67. The van der Waals surface area contributed by atoms with Crippen molar-refractivity contribution < 1.29 is 23.9 Å². The Labute approximate surface area is 223 Å². The lowest BCUT2D eigenvalue weighted by Gasteiger charge is -2.35. The Morgan fingerprint density at radius 1 is 1.03 bits per heavy atom. The number of carbonyl (C=O) groups excluding carboxylic acids is 3. The number of benzene rings is 2. The Bertz CT molecular complexity index is 1270. The molecular formula is C30H35N3O5. The smallest absolute Gasteiger partial charge is 0.246 e. The van der Waals surface area contributed by atoms with Crippen molar-refractivity contribution in [1.29, 1.82) is 0 Å². The van der Waals surface area contributed by atoms with Crippen molar-refractivity contribution in [3.05, 3.63) is 72.3 Å². The molecule has 0 aromatic heterocycles. The maximum Gasteiger partial charge on any atom is 0.246 e. The highest BCUT2D eigenvalue weighted by molar-refractivity contribution is 6.03. The highest BCUT2D eigenvalue weighted by Crippen LogP contribution is 2.59. The van der Waals surface area contributed by atoms with Gasteiger partial charge in [-0.15, -0.1) is 0 Å². The van der Waals surface area contributed by atoms with Crippen LogP contribution in [0.4, 0.5) is 5.69 Å². The van der Waals surface area contributed by atoms with Crippen molar-refractivity contribution in [3.63, 3.8) is 0 Å². The van der Waals surface area contributed by atoms with E-state index >= 15 is 0 Å². The second-order valence-electron chi connectivity index (χ2n) is 11.6. The largest absolute Gasteiger partial charge is 0.497 e. The van der Waals surface area contributed by atoms with Gasteiger partial charge in [0.2, 0.25) is 17.7 Å². The van der Waals surface area contributed by atoms with E-state index in [9.17, 15) is 14.4 Å². The summed E-state index contributed by atoms with van der Waals surface area (Å²) < 4.78 is 11.8. The Balaban J connectivity index is 1.48. The molecule has 2 aromatic rings. The quantitative estimate of drug-likeness (QED) is 0.550. The molecule has 0 radical (unpaired) electrons. The summed E-state index contributed by atoms with van der Waals surface area (Å²) in [5, 5.41) is 6.00. The molecule has 0 aliphatic carbocycles. The zero-order valence-corrected chi connectivity index (χ0v) is 22.5. The van der Waals surface area contributed by atoms with Crippen molar-refractivity contribution in [3.8, 4) is 5.75 Å². The molecule has 2 aromatic carbocycles. The molecule has 2 N–H and O–H groups in total. The number of likely N-dealkylation sites (tertiary alicyclic amines) is 1. The summed E-state index contributed by atoms with van der Waals surface area (Å²) in [6.45, 7) is 7.84. The molecular weight excluding hydrogens is 482 g/mol. The zero-order valence-electron chi connectivity index (χ0n) is 22.5. The van der Waals surface area contributed by atoms with Crippen LogP contribution in [0.15, 0.2) is 66.7 Å². The molecule has 3 amide bonds. The van der Waals surface area contributed by atoms with E-state index in [0.29, 0.717) is 18.7 Å². The Morgan fingerprint density at radius 3 is 2.34 bits per heavy atom. The third-order valence-corrected chi connectivity index (χ3v) is 7.67. The maximum absolute atomic E-state index is 14.1. The van der Waals surface area contributed by atoms with Crippen LogP contribution in [0.1, 0.15) is 33.3 Å². The van der Waals surface area contributed by atoms with Crippen LogP contribution in [0.5, 0.6) is 5.75 Å². The molecule has 3 heterocycles. The highest BCUT2D eigenvalue weighted by atomic mass is 16.5. The minimum absolute atomic E-state index is 0.242. The molecule has 38 heavy (non-hydrogen) atoms. The Kier molecular flexibility index (Phi) is 6.34. The first-order chi connectivity index (χ1) is 18.0. The number of para-hydroxylation sites is 1. The van der Waals surface area contributed by atoms with Crippen molar-refractivity contribution in [1.82, 2.24) is 10.2 Å². The van der Waals surface area contributed by atoms with E-state index in [-0.39, 0.29) is 17.7 Å². The van der Waals surface area contributed by atoms with Gasteiger partial charge in [-0.25, -0.2) is 0 Å². The van der Waals surface area contributed by atoms with Gasteiger partial charge in [0.15, 0.2) is 0 Å². The summed E-state index contributed by atoms with van der Waals surface area (Å²) in [6.07, 6.45) is 4.22. The second kappa shape index (κ2) is 9.27. The fourth-order valence-electron chi connectivity index (χ4n) is 6.09. The summed E-state index contributed by atoms with van der Waals surface area (Å²) in [4.78, 5) is 43.1. The monoisotopic (exact) mass is 517 g/mol. The molecule has 200 valence electrons. The van der Waals surface area contributed by atoms with Crippen molar-refractivity contribution in [2.45, 2.75) is 56.9 Å². The molecule has 5 atom stereocenters. The minimum Gasteiger partial charge on any atom is -0.497 e. The molecule has 2 fully saturated rings. The van der Waals surface area contributed by atoms with Gasteiger partial charge < -0.3 is 25.0 Å². The first-order valence-electron chi connectivity index (χ1n) is 13.0. The number of anilines is 1. The SMILES string of the molecule is COc1ccc(CCN2C(=O)C3C(C(=O)Nc4ccccc4)C4(C)C=CC3(O4)C2C(=O)NC(C)(C)C)cc1. The fraction of sp³-hybridized carbons (Fsp3) is 0.433. The van der Waals surface area contributed by atoms with E-state index in [2.05, 4.69) is 10.6 Å². The number of amides is 3. The predicted octanol–water partition coefficient (Wildman–Crippen LogP) is 3.33. The number of ether oxygens (including phenoxy) is 2. The van der Waals surface area contributed by atoms with Gasteiger partial charge in [0.05, 0.1) is 24.5 Å².